The molecule has 0 saturated carbocycles. The van der Waals surface area contributed by atoms with E-state index in [1.54, 1.807) is 6.08 Å². The normalized spacial score (nSPS) is 18.8. The number of hydrogen-bond donors (Lipinski definition) is 2. The van der Waals surface area contributed by atoms with Gasteiger partial charge in [0.25, 0.3) is 0 Å². The van der Waals surface area contributed by atoms with Crippen LogP contribution in [0, 0.1) is 0 Å². The Morgan fingerprint density at radius 2 is 2.41 bits per heavy atom. The molecule has 4 nitrogen and oxygen atoms in total. The van der Waals surface area contributed by atoms with E-state index in [0.717, 1.165) is 32.5 Å². The summed E-state index contributed by atoms with van der Waals surface area (Å²) in [6.45, 7) is 9.87. The van der Waals surface area contributed by atoms with Crippen LogP contribution < -0.4 is 10.6 Å². The molecule has 1 unspecified atom stereocenters. The maximum absolute atomic E-state index is 11.6. The van der Waals surface area contributed by atoms with Crippen molar-refractivity contribution in [1.29, 1.82) is 0 Å². The number of carbonyl (C=O) groups excluding carboxylic acids is 1. The summed E-state index contributed by atoms with van der Waals surface area (Å²) in [6.07, 6.45) is 3.94. The standard InChI is InChI=1S/C12H23N3O.ClH/c1-3-6-14-12(16)10-15(8-4-2)11-5-7-13-9-11;/h3,11,13H,1,4-10H2,2H3,(H,14,16);1H. The molecule has 1 heterocycles. The van der Waals surface area contributed by atoms with E-state index in [-0.39, 0.29) is 18.3 Å². The Morgan fingerprint density at radius 1 is 1.65 bits per heavy atom. The summed E-state index contributed by atoms with van der Waals surface area (Å²) in [5.41, 5.74) is 0. The van der Waals surface area contributed by atoms with E-state index in [2.05, 4.69) is 29.0 Å². The summed E-state index contributed by atoms with van der Waals surface area (Å²) >= 11 is 0. The van der Waals surface area contributed by atoms with Crippen LogP contribution in [0.1, 0.15) is 19.8 Å². The number of hydrogen-bond acceptors (Lipinski definition) is 3. The summed E-state index contributed by atoms with van der Waals surface area (Å²) in [5, 5.41) is 6.16. The van der Waals surface area contributed by atoms with Gasteiger partial charge >= 0.3 is 0 Å². The van der Waals surface area contributed by atoms with E-state index < -0.39 is 0 Å². The molecule has 1 aliphatic rings. The van der Waals surface area contributed by atoms with Crippen LogP contribution in [0.15, 0.2) is 12.7 Å². The van der Waals surface area contributed by atoms with E-state index in [1.807, 2.05) is 0 Å². The molecule has 0 aromatic heterocycles. The molecule has 5 heteroatoms. The number of nitrogens with one attached hydrogen (secondary N) is 2. The lowest BCUT2D eigenvalue weighted by Crippen LogP contribution is -2.44. The first kappa shape index (κ1) is 16.4. The summed E-state index contributed by atoms with van der Waals surface area (Å²) < 4.78 is 0. The maximum Gasteiger partial charge on any atom is 0.234 e. The summed E-state index contributed by atoms with van der Waals surface area (Å²) in [4.78, 5) is 13.9. The minimum absolute atomic E-state index is 0. The highest BCUT2D eigenvalue weighted by Crippen LogP contribution is 2.08. The minimum atomic E-state index is 0. The Bertz CT molecular complexity index is 230. The van der Waals surface area contributed by atoms with Crippen LogP contribution in [0.3, 0.4) is 0 Å². The van der Waals surface area contributed by atoms with Gasteiger partial charge in [-0.3, -0.25) is 9.69 Å². The van der Waals surface area contributed by atoms with Gasteiger partial charge in [0.05, 0.1) is 6.54 Å². The third-order valence-corrected chi connectivity index (χ3v) is 2.85. The van der Waals surface area contributed by atoms with Crippen molar-refractivity contribution in [3.05, 3.63) is 12.7 Å². The molecule has 100 valence electrons. The van der Waals surface area contributed by atoms with Gasteiger partial charge in [0.2, 0.25) is 5.91 Å². The minimum Gasteiger partial charge on any atom is -0.352 e. The van der Waals surface area contributed by atoms with Gasteiger partial charge in [-0.15, -0.1) is 19.0 Å². The molecule has 1 rings (SSSR count). The lowest BCUT2D eigenvalue weighted by molar-refractivity contribution is -0.122. The second-order valence-corrected chi connectivity index (χ2v) is 4.21. The SMILES string of the molecule is C=CCNC(=O)CN(CCC)C1CCNC1.Cl. The lowest BCUT2D eigenvalue weighted by Gasteiger charge is -2.27. The Morgan fingerprint density at radius 3 is 2.94 bits per heavy atom. The molecule has 2 N–H and O–H groups in total. The van der Waals surface area contributed by atoms with Gasteiger partial charge in [-0.05, 0) is 25.9 Å². The molecule has 1 saturated heterocycles. The number of halogens is 1. The van der Waals surface area contributed by atoms with Gasteiger partial charge in [-0.25, -0.2) is 0 Å². The first-order chi connectivity index (χ1) is 7.77. The fourth-order valence-electron chi connectivity index (χ4n) is 2.06. The molecule has 0 aromatic carbocycles. The van der Waals surface area contributed by atoms with Crippen LogP contribution >= 0.6 is 12.4 Å². The molecule has 1 amide bonds. The number of nitrogens with zero attached hydrogens (tertiary/aromatic N) is 1. The van der Waals surface area contributed by atoms with Crippen molar-refractivity contribution in [3.8, 4) is 0 Å². The van der Waals surface area contributed by atoms with Crippen LogP contribution in [0.2, 0.25) is 0 Å². The Hall–Kier alpha value is -0.580. The fraction of sp³-hybridized carbons (Fsp3) is 0.750. The van der Waals surface area contributed by atoms with Crippen LogP contribution in [-0.4, -0.2) is 49.6 Å². The maximum atomic E-state index is 11.6. The Labute approximate surface area is 110 Å². The molecule has 0 aromatic rings. The van der Waals surface area contributed by atoms with Crippen LogP contribution in [0.5, 0.6) is 0 Å². The van der Waals surface area contributed by atoms with Gasteiger partial charge in [0.1, 0.15) is 0 Å². The van der Waals surface area contributed by atoms with E-state index in [1.165, 1.54) is 0 Å². The topological polar surface area (TPSA) is 44.4 Å². The zero-order valence-corrected chi connectivity index (χ0v) is 11.4. The number of carbonyl (C=O) groups is 1. The quantitative estimate of drug-likeness (QED) is 0.666. The summed E-state index contributed by atoms with van der Waals surface area (Å²) in [6, 6.07) is 0.523. The van der Waals surface area contributed by atoms with E-state index in [4.69, 9.17) is 0 Å². The Kier molecular flexibility index (Phi) is 9.13. The lowest BCUT2D eigenvalue weighted by atomic mass is 10.2. The Balaban J connectivity index is 0.00000256. The third-order valence-electron chi connectivity index (χ3n) is 2.85. The van der Waals surface area contributed by atoms with Crippen LogP contribution in [-0.2, 0) is 4.79 Å². The molecule has 17 heavy (non-hydrogen) atoms. The van der Waals surface area contributed by atoms with E-state index in [9.17, 15) is 4.79 Å². The zero-order valence-electron chi connectivity index (χ0n) is 10.6. The van der Waals surface area contributed by atoms with Gasteiger partial charge < -0.3 is 10.6 Å². The van der Waals surface area contributed by atoms with Gasteiger partial charge in [-0.1, -0.05) is 13.0 Å². The summed E-state index contributed by atoms with van der Waals surface area (Å²) in [5.74, 6) is 0.0975. The highest BCUT2D eigenvalue weighted by molar-refractivity contribution is 5.85. The molecule has 0 aliphatic carbocycles. The fourth-order valence-corrected chi connectivity index (χ4v) is 2.06. The van der Waals surface area contributed by atoms with Gasteiger partial charge in [-0.2, -0.15) is 0 Å². The van der Waals surface area contributed by atoms with Crippen molar-refractivity contribution in [2.24, 2.45) is 0 Å². The zero-order chi connectivity index (χ0) is 11.8. The van der Waals surface area contributed by atoms with Crippen molar-refractivity contribution in [2.75, 3.05) is 32.7 Å². The molecule has 1 atom stereocenters. The smallest absolute Gasteiger partial charge is 0.234 e. The highest BCUT2D eigenvalue weighted by Gasteiger charge is 2.23. The first-order valence-electron chi connectivity index (χ1n) is 6.10. The van der Waals surface area contributed by atoms with Crippen molar-refractivity contribution >= 4 is 18.3 Å². The predicted octanol–water partition coefficient (Wildman–Crippen LogP) is 0.784. The predicted molar refractivity (Wildman–Crippen MR) is 73.6 cm³/mol. The molecular formula is C12H24ClN3O. The monoisotopic (exact) mass is 261 g/mol. The van der Waals surface area contributed by atoms with Gasteiger partial charge in [0.15, 0.2) is 0 Å². The van der Waals surface area contributed by atoms with Crippen LogP contribution in [0.4, 0.5) is 0 Å². The number of rotatable bonds is 7. The third kappa shape index (κ3) is 6.05. The molecule has 1 aliphatic heterocycles. The average Bonchev–Trinajstić information content (AvgIpc) is 2.79. The molecule has 0 spiro atoms. The van der Waals surface area contributed by atoms with Crippen molar-refractivity contribution < 1.29 is 4.79 Å². The van der Waals surface area contributed by atoms with Crippen molar-refractivity contribution in [3.63, 3.8) is 0 Å². The number of amides is 1. The molecule has 0 radical (unpaired) electrons. The molecule has 1 fully saturated rings. The second kappa shape index (κ2) is 9.45. The van der Waals surface area contributed by atoms with Gasteiger partial charge in [0, 0.05) is 19.1 Å². The second-order valence-electron chi connectivity index (χ2n) is 4.21. The first-order valence-corrected chi connectivity index (χ1v) is 6.10. The van der Waals surface area contributed by atoms with Crippen LogP contribution in [0.25, 0.3) is 0 Å². The largest absolute Gasteiger partial charge is 0.352 e. The van der Waals surface area contributed by atoms with E-state index >= 15 is 0 Å². The van der Waals surface area contributed by atoms with E-state index in [0.29, 0.717) is 19.1 Å². The molecule has 0 bridgehead atoms. The summed E-state index contributed by atoms with van der Waals surface area (Å²) in [7, 11) is 0. The average molecular weight is 262 g/mol. The van der Waals surface area contributed by atoms with Crippen molar-refractivity contribution in [2.45, 2.75) is 25.8 Å². The molecular weight excluding hydrogens is 238 g/mol. The highest BCUT2D eigenvalue weighted by atomic mass is 35.5. The van der Waals surface area contributed by atoms with Crippen molar-refractivity contribution in [1.82, 2.24) is 15.5 Å².